The van der Waals surface area contributed by atoms with E-state index in [9.17, 15) is 19.7 Å². The molecule has 0 saturated heterocycles. The summed E-state index contributed by atoms with van der Waals surface area (Å²) in [5, 5.41) is 16.3. The van der Waals surface area contributed by atoms with Gasteiger partial charge in [0.1, 0.15) is 17.2 Å². The number of anilines is 1. The van der Waals surface area contributed by atoms with Gasteiger partial charge in [0, 0.05) is 30.9 Å². The van der Waals surface area contributed by atoms with Gasteiger partial charge in [0.2, 0.25) is 0 Å². The van der Waals surface area contributed by atoms with Crippen molar-refractivity contribution in [2.75, 3.05) is 19.0 Å². The topological polar surface area (TPSA) is 120 Å². The Balaban J connectivity index is 1.83. The van der Waals surface area contributed by atoms with Crippen molar-refractivity contribution in [3.8, 4) is 17.2 Å². The summed E-state index contributed by atoms with van der Waals surface area (Å²) in [4.78, 5) is 34.8. The molecule has 0 atom stereocenters. The zero-order valence-corrected chi connectivity index (χ0v) is 16.5. The van der Waals surface area contributed by atoms with Gasteiger partial charge in [-0.3, -0.25) is 19.7 Å². The predicted octanol–water partition coefficient (Wildman–Crippen LogP) is 3.76. The highest BCUT2D eigenvalue weighted by molar-refractivity contribution is 6.06. The van der Waals surface area contributed by atoms with Crippen LogP contribution in [0.1, 0.15) is 10.4 Å². The number of ether oxygens (including phenoxy) is 2. The zero-order valence-electron chi connectivity index (χ0n) is 16.5. The summed E-state index contributed by atoms with van der Waals surface area (Å²) in [7, 11) is 1.50. The van der Waals surface area contributed by atoms with E-state index in [2.05, 4.69) is 10.6 Å². The number of nitro benzene ring substituents is 1. The minimum Gasteiger partial charge on any atom is -0.484 e. The number of nitrogens with one attached hydrogen (secondary N) is 2. The third-order valence-electron chi connectivity index (χ3n) is 4.13. The molecule has 31 heavy (non-hydrogen) atoms. The summed E-state index contributed by atoms with van der Waals surface area (Å²) < 4.78 is 11.1. The standard InChI is InChI=1S/C22H19N3O6/c1-23-21(26)14-30-18-9-5-6-15(12-18)24-22(27)19-13-16(25(28)29)10-11-20(19)31-17-7-3-2-4-8-17/h2-13H,14H2,1H3,(H,23,26)(H,24,27). The number of amides is 2. The Labute approximate surface area is 177 Å². The number of hydrogen-bond acceptors (Lipinski definition) is 6. The van der Waals surface area contributed by atoms with Crippen molar-refractivity contribution in [1.29, 1.82) is 0 Å². The lowest BCUT2D eigenvalue weighted by Gasteiger charge is -2.12. The van der Waals surface area contributed by atoms with E-state index in [-0.39, 0.29) is 29.5 Å². The number of hydrogen-bond donors (Lipinski definition) is 2. The second-order valence-electron chi connectivity index (χ2n) is 6.30. The molecule has 9 heteroatoms. The fraction of sp³-hybridized carbons (Fsp3) is 0.0909. The molecule has 2 amide bonds. The lowest BCUT2D eigenvalue weighted by atomic mass is 10.1. The zero-order chi connectivity index (χ0) is 22.2. The van der Waals surface area contributed by atoms with E-state index < -0.39 is 10.8 Å². The van der Waals surface area contributed by atoms with Gasteiger partial charge in [-0.25, -0.2) is 0 Å². The Hall–Kier alpha value is -4.40. The van der Waals surface area contributed by atoms with E-state index in [4.69, 9.17) is 9.47 Å². The van der Waals surface area contributed by atoms with E-state index in [0.717, 1.165) is 6.07 Å². The molecule has 0 spiro atoms. The molecule has 0 heterocycles. The first-order valence-electron chi connectivity index (χ1n) is 9.22. The lowest BCUT2D eigenvalue weighted by molar-refractivity contribution is -0.384. The predicted molar refractivity (Wildman–Crippen MR) is 114 cm³/mol. The molecule has 0 aliphatic carbocycles. The van der Waals surface area contributed by atoms with Crippen LogP contribution in [0.25, 0.3) is 0 Å². The van der Waals surface area contributed by atoms with Crippen molar-refractivity contribution in [3.05, 3.63) is 88.5 Å². The van der Waals surface area contributed by atoms with Crippen molar-refractivity contribution in [1.82, 2.24) is 5.32 Å². The molecular formula is C22H19N3O6. The van der Waals surface area contributed by atoms with Crippen LogP contribution in [0.15, 0.2) is 72.8 Å². The number of carbonyl (C=O) groups excluding carboxylic acids is 2. The van der Waals surface area contributed by atoms with Crippen molar-refractivity contribution in [2.24, 2.45) is 0 Å². The second kappa shape index (κ2) is 9.88. The van der Waals surface area contributed by atoms with E-state index in [1.807, 2.05) is 6.07 Å². The van der Waals surface area contributed by atoms with E-state index >= 15 is 0 Å². The lowest BCUT2D eigenvalue weighted by Crippen LogP contribution is -2.24. The van der Waals surface area contributed by atoms with Crippen molar-refractivity contribution in [2.45, 2.75) is 0 Å². The smallest absolute Gasteiger partial charge is 0.270 e. The molecule has 0 aliphatic heterocycles. The maximum atomic E-state index is 12.9. The molecule has 158 valence electrons. The highest BCUT2D eigenvalue weighted by Gasteiger charge is 2.19. The van der Waals surface area contributed by atoms with Crippen LogP contribution in [0.2, 0.25) is 0 Å². The molecule has 0 saturated carbocycles. The van der Waals surface area contributed by atoms with Gasteiger partial charge in [-0.05, 0) is 30.3 Å². The molecule has 0 radical (unpaired) electrons. The van der Waals surface area contributed by atoms with Crippen molar-refractivity contribution < 1.29 is 24.0 Å². The molecule has 0 fully saturated rings. The largest absolute Gasteiger partial charge is 0.484 e. The first-order chi connectivity index (χ1) is 15.0. The molecule has 0 aromatic heterocycles. The van der Waals surface area contributed by atoms with Gasteiger partial charge in [-0.15, -0.1) is 0 Å². The van der Waals surface area contributed by atoms with Gasteiger partial charge in [0.25, 0.3) is 17.5 Å². The van der Waals surface area contributed by atoms with E-state index in [0.29, 0.717) is 17.2 Å². The van der Waals surface area contributed by atoms with Crippen LogP contribution in [0.4, 0.5) is 11.4 Å². The Morgan fingerprint density at radius 3 is 2.42 bits per heavy atom. The summed E-state index contributed by atoms with van der Waals surface area (Å²) in [5.41, 5.74) is 0.138. The van der Waals surface area contributed by atoms with Gasteiger partial charge in [0.05, 0.1) is 10.5 Å². The molecule has 0 unspecified atom stereocenters. The number of likely N-dealkylation sites (N-methyl/N-ethyl adjacent to an activating group) is 1. The normalized spacial score (nSPS) is 10.1. The van der Waals surface area contributed by atoms with Gasteiger partial charge in [-0.1, -0.05) is 24.3 Å². The number of carbonyl (C=O) groups is 2. The molecule has 9 nitrogen and oxygen atoms in total. The molecular weight excluding hydrogens is 402 g/mol. The summed E-state index contributed by atoms with van der Waals surface area (Å²) >= 11 is 0. The van der Waals surface area contributed by atoms with Crippen LogP contribution in [0, 0.1) is 10.1 Å². The highest BCUT2D eigenvalue weighted by Crippen LogP contribution is 2.30. The first kappa shape index (κ1) is 21.3. The van der Waals surface area contributed by atoms with Crippen molar-refractivity contribution in [3.63, 3.8) is 0 Å². The molecule has 3 aromatic rings. The number of nitrogens with zero attached hydrogens (tertiary/aromatic N) is 1. The van der Waals surface area contributed by atoms with E-state index in [1.54, 1.807) is 42.5 Å². The number of rotatable bonds is 8. The Kier molecular flexibility index (Phi) is 6.79. The molecule has 2 N–H and O–H groups in total. The average Bonchev–Trinajstić information content (AvgIpc) is 2.78. The minimum absolute atomic E-state index is 0.00487. The second-order valence-corrected chi connectivity index (χ2v) is 6.30. The summed E-state index contributed by atoms with van der Waals surface area (Å²) in [6.45, 7) is -0.173. The monoisotopic (exact) mass is 421 g/mol. The highest BCUT2D eigenvalue weighted by atomic mass is 16.6. The van der Waals surface area contributed by atoms with E-state index in [1.165, 1.54) is 25.2 Å². The number of para-hydroxylation sites is 1. The number of non-ortho nitro benzene ring substituents is 1. The molecule has 3 rings (SSSR count). The van der Waals surface area contributed by atoms with Gasteiger partial charge in [-0.2, -0.15) is 0 Å². The van der Waals surface area contributed by atoms with Crippen LogP contribution >= 0.6 is 0 Å². The molecule has 3 aromatic carbocycles. The fourth-order valence-electron chi connectivity index (χ4n) is 2.60. The number of benzene rings is 3. The minimum atomic E-state index is -0.599. The Bertz CT molecular complexity index is 1100. The average molecular weight is 421 g/mol. The molecule has 0 aliphatic rings. The van der Waals surface area contributed by atoms with Crippen LogP contribution in [0.5, 0.6) is 17.2 Å². The first-order valence-corrected chi connectivity index (χ1v) is 9.22. The SMILES string of the molecule is CNC(=O)COc1cccc(NC(=O)c2cc([N+](=O)[O-])ccc2Oc2ccccc2)c1. The maximum absolute atomic E-state index is 12.9. The van der Waals surface area contributed by atoms with Crippen LogP contribution < -0.4 is 20.1 Å². The fourth-order valence-corrected chi connectivity index (χ4v) is 2.60. The quantitative estimate of drug-likeness (QED) is 0.422. The third kappa shape index (κ3) is 5.80. The summed E-state index contributed by atoms with van der Waals surface area (Å²) in [5.74, 6) is 0.129. The molecule has 0 bridgehead atoms. The van der Waals surface area contributed by atoms with Gasteiger partial charge < -0.3 is 20.1 Å². The third-order valence-corrected chi connectivity index (χ3v) is 4.13. The Morgan fingerprint density at radius 2 is 1.71 bits per heavy atom. The van der Waals surface area contributed by atoms with Gasteiger partial charge in [0.15, 0.2) is 6.61 Å². The maximum Gasteiger partial charge on any atom is 0.270 e. The van der Waals surface area contributed by atoms with Crippen molar-refractivity contribution >= 4 is 23.2 Å². The van der Waals surface area contributed by atoms with Crippen LogP contribution in [-0.2, 0) is 4.79 Å². The van der Waals surface area contributed by atoms with Gasteiger partial charge >= 0.3 is 0 Å². The number of nitro groups is 1. The van der Waals surface area contributed by atoms with Crippen LogP contribution in [-0.4, -0.2) is 30.4 Å². The summed E-state index contributed by atoms with van der Waals surface area (Å²) in [6.07, 6.45) is 0. The summed E-state index contributed by atoms with van der Waals surface area (Å²) in [6, 6.07) is 19.0. The Morgan fingerprint density at radius 1 is 0.968 bits per heavy atom. The van der Waals surface area contributed by atoms with Crippen LogP contribution in [0.3, 0.4) is 0 Å².